The van der Waals surface area contributed by atoms with Crippen molar-refractivity contribution in [2.24, 2.45) is 0 Å². The first-order valence-electron chi connectivity index (χ1n) is 25.5. The van der Waals surface area contributed by atoms with Gasteiger partial charge in [0.05, 0.1) is 40.0 Å². The summed E-state index contributed by atoms with van der Waals surface area (Å²) in [6.45, 7) is 4.13. The van der Waals surface area contributed by atoms with E-state index in [1.807, 2.05) is 21.1 Å². The summed E-state index contributed by atoms with van der Waals surface area (Å²) in [7, 11) is 1.13. The number of allylic oxidation sites excluding steroid dienone is 6. The van der Waals surface area contributed by atoms with Crippen molar-refractivity contribution in [3.63, 3.8) is 0 Å². The minimum Gasteiger partial charge on any atom is -0.756 e. The lowest BCUT2D eigenvalue weighted by Gasteiger charge is -2.28. The summed E-state index contributed by atoms with van der Waals surface area (Å²) in [6, 6.07) is 0. The van der Waals surface area contributed by atoms with Crippen molar-refractivity contribution in [3.8, 4) is 0 Å². The minimum atomic E-state index is -4.65. The third kappa shape index (κ3) is 41.1. The van der Waals surface area contributed by atoms with Gasteiger partial charge >= 0.3 is 11.9 Å². The van der Waals surface area contributed by atoms with Gasteiger partial charge in [-0.25, -0.2) is 0 Å². The summed E-state index contributed by atoms with van der Waals surface area (Å²) < 4.78 is 39.7. The monoisotopic (exact) mass is 908 g/mol. The van der Waals surface area contributed by atoms with Gasteiger partial charge in [-0.15, -0.1) is 0 Å². The van der Waals surface area contributed by atoms with Crippen LogP contribution in [-0.4, -0.2) is 82.2 Å². The zero-order valence-corrected chi connectivity index (χ0v) is 41.9. The Hall–Kier alpha value is -2.07. The molecule has 0 spiro atoms. The predicted molar refractivity (Wildman–Crippen MR) is 258 cm³/mol. The molecule has 0 aliphatic carbocycles. The summed E-state index contributed by atoms with van der Waals surface area (Å²) in [6.07, 6.45) is 50.3. The molecule has 0 aromatic heterocycles. The molecule has 0 aromatic carbocycles. The van der Waals surface area contributed by atoms with Crippen LogP contribution in [0.4, 0.5) is 0 Å². The van der Waals surface area contributed by atoms with E-state index in [0.29, 0.717) is 36.1 Å². The Labute approximate surface area is 386 Å². The van der Waals surface area contributed by atoms with Crippen LogP contribution >= 0.6 is 7.82 Å². The minimum absolute atomic E-state index is 0.0425. The number of phosphoric ester groups is 1. The molecule has 10 nitrogen and oxygen atoms in total. The third-order valence-electron chi connectivity index (χ3n) is 11.2. The molecule has 11 heteroatoms. The van der Waals surface area contributed by atoms with E-state index in [1.165, 1.54) is 116 Å². The Bertz CT molecular complexity index is 1280. The number of unbranched alkanes of at least 4 members (excludes halogenated alkanes) is 21. The number of likely N-dealkylation sites (N-methyl/N-ethyl adjacent to an activating group) is 1. The maximum atomic E-state index is 12.7. The Morgan fingerprint density at radius 1 is 0.571 bits per heavy atom. The average molecular weight is 908 g/mol. The lowest BCUT2D eigenvalue weighted by molar-refractivity contribution is -0.870. The van der Waals surface area contributed by atoms with E-state index in [4.69, 9.17) is 23.3 Å². The number of epoxide rings is 1. The third-order valence-corrected chi connectivity index (χ3v) is 12.2. The molecule has 366 valence electrons. The van der Waals surface area contributed by atoms with Crippen molar-refractivity contribution < 1.29 is 46.8 Å². The Balaban J connectivity index is 2.25. The molecule has 0 saturated carbocycles. The number of carbonyl (C=O) groups excluding carboxylic acids is 2. The summed E-state index contributed by atoms with van der Waals surface area (Å²) >= 11 is 0. The van der Waals surface area contributed by atoms with Crippen LogP contribution in [0.5, 0.6) is 0 Å². The van der Waals surface area contributed by atoms with Crippen molar-refractivity contribution in [1.29, 1.82) is 0 Å². The number of hydrogen-bond donors (Lipinski definition) is 0. The lowest BCUT2D eigenvalue weighted by Crippen LogP contribution is -2.37. The molecule has 1 aliphatic rings. The van der Waals surface area contributed by atoms with Crippen LogP contribution in [-0.2, 0) is 37.4 Å². The number of esters is 2. The number of rotatable bonds is 45. The smallest absolute Gasteiger partial charge is 0.306 e. The van der Waals surface area contributed by atoms with Gasteiger partial charge in [0.15, 0.2) is 6.10 Å². The molecular weight excluding hydrogens is 814 g/mol. The average Bonchev–Trinajstić information content (AvgIpc) is 4.00. The van der Waals surface area contributed by atoms with Gasteiger partial charge in [-0.05, 0) is 77.0 Å². The number of ether oxygens (including phenoxy) is 3. The summed E-state index contributed by atoms with van der Waals surface area (Å²) in [4.78, 5) is 37.7. The molecule has 0 radical (unpaired) electrons. The number of nitrogens with zero attached hydrogens (tertiary/aromatic N) is 1. The highest BCUT2D eigenvalue weighted by Gasteiger charge is 2.36. The predicted octanol–water partition coefficient (Wildman–Crippen LogP) is 13.4. The SMILES string of the molecule is CCCCC/C=C\CC1OC1C/C=C\C/C=C\CCCC(=O)OC[C@H](COP(=O)([O-])OCC[N+](C)(C)C)OC(=O)CCCCCCCCCCCCC/C=C\CCCCCCCC. The van der Waals surface area contributed by atoms with Crippen LogP contribution < -0.4 is 4.89 Å². The lowest BCUT2D eigenvalue weighted by atomic mass is 10.0. The molecule has 0 amide bonds. The van der Waals surface area contributed by atoms with E-state index < -0.39 is 32.5 Å². The van der Waals surface area contributed by atoms with Crippen LogP contribution in [0.15, 0.2) is 48.6 Å². The fraction of sp³-hybridized carbons (Fsp3) is 0.808. The van der Waals surface area contributed by atoms with Crippen LogP contribution in [0.2, 0.25) is 0 Å². The summed E-state index contributed by atoms with van der Waals surface area (Å²) in [5, 5.41) is 0. The molecule has 1 saturated heterocycles. The molecule has 4 atom stereocenters. The molecule has 1 fully saturated rings. The van der Waals surface area contributed by atoms with E-state index in [9.17, 15) is 19.0 Å². The first kappa shape index (κ1) is 58.9. The normalized spacial score (nSPS) is 17.0. The Morgan fingerprint density at radius 2 is 1.02 bits per heavy atom. The quantitative estimate of drug-likeness (QED) is 0.0147. The Kier molecular flexibility index (Phi) is 37.6. The molecule has 0 aromatic rings. The molecule has 3 unspecified atom stereocenters. The van der Waals surface area contributed by atoms with Gasteiger partial charge in [0, 0.05) is 12.8 Å². The number of hydrogen-bond acceptors (Lipinski definition) is 9. The van der Waals surface area contributed by atoms with Crippen LogP contribution in [0.3, 0.4) is 0 Å². The number of phosphoric acid groups is 1. The Morgan fingerprint density at radius 3 is 1.60 bits per heavy atom. The van der Waals surface area contributed by atoms with Crippen LogP contribution in [0, 0.1) is 0 Å². The van der Waals surface area contributed by atoms with Crippen molar-refractivity contribution in [1.82, 2.24) is 0 Å². The molecule has 1 aliphatic heterocycles. The van der Waals surface area contributed by atoms with Crippen molar-refractivity contribution >= 4 is 19.8 Å². The fourth-order valence-electron chi connectivity index (χ4n) is 7.10. The van der Waals surface area contributed by atoms with Gasteiger partial charge in [-0.1, -0.05) is 165 Å². The van der Waals surface area contributed by atoms with E-state index in [-0.39, 0.29) is 26.1 Å². The molecule has 0 bridgehead atoms. The molecule has 0 N–H and O–H groups in total. The highest BCUT2D eigenvalue weighted by molar-refractivity contribution is 7.45. The van der Waals surface area contributed by atoms with Gasteiger partial charge in [0.1, 0.15) is 19.8 Å². The zero-order chi connectivity index (χ0) is 46.1. The second kappa shape index (κ2) is 40.2. The standard InChI is InChI=1S/C52H94NO9P/c1-6-8-10-12-14-15-16-17-18-19-20-21-22-23-24-25-26-27-30-35-39-43-52(55)61-48(47-60-63(56,57)59-45-44-53(3,4)5)46-58-51(54)42-38-34-31-28-29-33-37-41-50-49(62-50)40-36-32-13-11-9-7-2/h17-18,28,31-33,36-37,48-50H,6-16,19-27,29-30,34-35,38-47H2,1-5H3/b18-17-,31-28-,36-32-,37-33-/t48-,49?,50?/m1/s1. The molecular formula is C52H94NO9P. The van der Waals surface area contributed by atoms with Crippen LogP contribution in [0.25, 0.3) is 0 Å². The second-order valence-corrected chi connectivity index (χ2v) is 20.0. The first-order chi connectivity index (χ1) is 30.5. The van der Waals surface area contributed by atoms with Crippen molar-refractivity contribution in [2.75, 3.05) is 47.5 Å². The zero-order valence-electron chi connectivity index (χ0n) is 41.0. The van der Waals surface area contributed by atoms with Crippen molar-refractivity contribution in [2.45, 2.75) is 225 Å². The number of carbonyl (C=O) groups is 2. The second-order valence-electron chi connectivity index (χ2n) is 18.6. The largest absolute Gasteiger partial charge is 0.756 e. The van der Waals surface area contributed by atoms with Gasteiger partial charge in [-0.3, -0.25) is 14.2 Å². The van der Waals surface area contributed by atoms with Gasteiger partial charge in [-0.2, -0.15) is 0 Å². The van der Waals surface area contributed by atoms with Crippen molar-refractivity contribution in [3.05, 3.63) is 48.6 Å². The van der Waals surface area contributed by atoms with Gasteiger partial charge in [0.25, 0.3) is 7.82 Å². The topological polar surface area (TPSA) is 124 Å². The van der Waals surface area contributed by atoms with Gasteiger partial charge < -0.3 is 32.6 Å². The summed E-state index contributed by atoms with van der Waals surface area (Å²) in [5.74, 6) is -0.904. The number of quaternary nitrogens is 1. The maximum Gasteiger partial charge on any atom is 0.306 e. The fourth-order valence-corrected chi connectivity index (χ4v) is 7.82. The van der Waals surface area contributed by atoms with E-state index >= 15 is 0 Å². The van der Waals surface area contributed by atoms with Crippen LogP contribution in [0.1, 0.15) is 206 Å². The summed E-state index contributed by atoms with van der Waals surface area (Å²) in [5.41, 5.74) is 0. The highest BCUT2D eigenvalue weighted by Crippen LogP contribution is 2.38. The molecule has 1 heterocycles. The highest BCUT2D eigenvalue weighted by atomic mass is 31.2. The first-order valence-corrected chi connectivity index (χ1v) is 26.9. The molecule has 1 rings (SSSR count). The maximum absolute atomic E-state index is 12.7. The van der Waals surface area contributed by atoms with E-state index in [2.05, 4.69) is 62.5 Å². The molecule has 63 heavy (non-hydrogen) atoms. The van der Waals surface area contributed by atoms with E-state index in [1.54, 1.807) is 0 Å². The van der Waals surface area contributed by atoms with E-state index in [0.717, 1.165) is 51.4 Å². The van der Waals surface area contributed by atoms with Gasteiger partial charge in [0.2, 0.25) is 0 Å².